The average molecular weight is 572 g/mol. The maximum absolute atomic E-state index is 2.71. The van der Waals surface area contributed by atoms with Crippen LogP contribution in [0.4, 0.5) is 0 Å². The zero-order valence-electron chi connectivity index (χ0n) is 23.2. The minimum absolute atomic E-state index is 0.166. The predicted octanol–water partition coefficient (Wildman–Crippen LogP) is 8.66. The molecular formula is C37H36Zr. The first-order valence-electron chi connectivity index (χ1n) is 13.8. The summed E-state index contributed by atoms with van der Waals surface area (Å²) < 4.78 is 6.07. The molecule has 1 atom stereocenters. The zero-order valence-corrected chi connectivity index (χ0v) is 25.6. The van der Waals surface area contributed by atoms with Crippen LogP contribution in [0.5, 0.6) is 0 Å². The van der Waals surface area contributed by atoms with Crippen LogP contribution in [0.3, 0.4) is 0 Å². The van der Waals surface area contributed by atoms with Crippen LogP contribution in [0.15, 0.2) is 112 Å². The van der Waals surface area contributed by atoms with Crippen LogP contribution < -0.4 is 3.27 Å². The monoisotopic (exact) mass is 570 g/mol. The molecule has 0 N–H and O–H groups in total. The predicted molar refractivity (Wildman–Crippen MR) is 161 cm³/mol. The van der Waals surface area contributed by atoms with Crippen LogP contribution in [0.2, 0.25) is 0 Å². The van der Waals surface area contributed by atoms with Gasteiger partial charge in [-0.2, -0.15) is 0 Å². The fourth-order valence-electron chi connectivity index (χ4n) is 6.28. The Labute approximate surface area is 235 Å². The number of hydrogen-bond acceptors (Lipinski definition) is 0. The molecule has 0 spiro atoms. The third-order valence-corrected chi connectivity index (χ3v) is 15.9. The number of hydrogen-bond donors (Lipinski definition) is 0. The molecule has 0 fully saturated rings. The molecule has 0 amide bonds. The van der Waals surface area contributed by atoms with Gasteiger partial charge in [-0.25, -0.2) is 0 Å². The summed E-state index contributed by atoms with van der Waals surface area (Å²) in [5.74, 6) is 0.462. The molecule has 0 saturated carbocycles. The second kappa shape index (κ2) is 10.0. The van der Waals surface area contributed by atoms with Gasteiger partial charge in [-0.1, -0.05) is 0 Å². The van der Waals surface area contributed by atoms with E-state index in [1.54, 1.807) is 12.1 Å². The van der Waals surface area contributed by atoms with Gasteiger partial charge in [-0.15, -0.1) is 0 Å². The molecule has 0 aliphatic heterocycles. The van der Waals surface area contributed by atoms with Crippen molar-refractivity contribution in [1.29, 1.82) is 0 Å². The number of rotatable bonds is 4. The minimum atomic E-state index is -2.47. The summed E-state index contributed by atoms with van der Waals surface area (Å²) in [5.41, 5.74) is 13.1. The van der Waals surface area contributed by atoms with Crippen molar-refractivity contribution in [3.63, 3.8) is 0 Å². The first-order chi connectivity index (χ1) is 18.3. The molecule has 0 radical (unpaired) electrons. The fourth-order valence-corrected chi connectivity index (χ4v) is 13.8. The van der Waals surface area contributed by atoms with Crippen LogP contribution in [-0.4, -0.2) is 3.71 Å². The Morgan fingerprint density at radius 1 is 0.763 bits per heavy atom. The molecule has 0 aromatic heterocycles. The Balaban J connectivity index is 1.53. The third kappa shape index (κ3) is 4.60. The van der Waals surface area contributed by atoms with E-state index in [9.17, 15) is 0 Å². The third-order valence-electron chi connectivity index (χ3n) is 8.28. The molecule has 6 rings (SSSR count). The fraction of sp³-hybridized carbons (Fsp3) is 0.216. The molecule has 4 aromatic carbocycles. The van der Waals surface area contributed by atoms with Gasteiger partial charge >= 0.3 is 237 Å². The summed E-state index contributed by atoms with van der Waals surface area (Å²) in [6.45, 7) is 11.7. The number of benzene rings is 4. The second-order valence-corrected chi connectivity index (χ2v) is 17.3. The Kier molecular flexibility index (Phi) is 6.69. The SMILES string of the molecule is CC1=[C](/[Zr](=[CH]/c2ccc(C(C)(C)C)cc2)[c]2cccc3c2Cc2ccccc2-3)C(C)C=C1c1ccccc1. The maximum atomic E-state index is 2.71. The van der Waals surface area contributed by atoms with E-state index in [0.717, 1.165) is 6.42 Å². The molecule has 2 aliphatic rings. The molecule has 0 bridgehead atoms. The van der Waals surface area contributed by atoms with E-state index in [0.29, 0.717) is 5.92 Å². The van der Waals surface area contributed by atoms with Crippen molar-refractivity contribution in [3.05, 3.63) is 140 Å². The Hall–Kier alpha value is -2.89. The normalized spacial score (nSPS) is 16.9. The van der Waals surface area contributed by atoms with Gasteiger partial charge in [0.2, 0.25) is 0 Å². The van der Waals surface area contributed by atoms with Crippen LogP contribution in [-0.2, 0) is 33.1 Å². The van der Waals surface area contributed by atoms with Crippen molar-refractivity contribution in [3.8, 4) is 11.1 Å². The summed E-state index contributed by atoms with van der Waals surface area (Å²) in [6, 6.07) is 36.5. The summed E-state index contributed by atoms with van der Waals surface area (Å²) in [6.07, 6.45) is 3.58. The second-order valence-electron chi connectivity index (χ2n) is 11.9. The number of fused-ring (bicyclic) bond motifs is 3. The van der Waals surface area contributed by atoms with Crippen LogP contribution in [0.1, 0.15) is 62.4 Å². The van der Waals surface area contributed by atoms with E-state index in [1.807, 2.05) is 0 Å². The molecule has 0 heterocycles. The Morgan fingerprint density at radius 3 is 2.18 bits per heavy atom. The molecule has 1 heteroatoms. The summed E-state index contributed by atoms with van der Waals surface area (Å²) >= 11 is -2.47. The molecular weight excluding hydrogens is 536 g/mol. The van der Waals surface area contributed by atoms with Gasteiger partial charge in [0, 0.05) is 0 Å². The van der Waals surface area contributed by atoms with Crippen LogP contribution in [0.25, 0.3) is 16.7 Å². The van der Waals surface area contributed by atoms with E-state index in [1.165, 1.54) is 44.5 Å². The molecule has 4 aromatic rings. The van der Waals surface area contributed by atoms with Crippen molar-refractivity contribution in [2.24, 2.45) is 5.92 Å². The van der Waals surface area contributed by atoms with Crippen molar-refractivity contribution in [1.82, 2.24) is 0 Å². The first-order valence-corrected chi connectivity index (χ1v) is 17.7. The van der Waals surface area contributed by atoms with Crippen molar-refractivity contribution >= 4 is 12.6 Å². The standard InChI is InChI=1S/C13H9.C13H13.C11H14.Zr/c1-3-7-12-10(5-1)9-11-6-2-4-8-13(11)12;1-10-8-11(2)13(9-10)12-6-4-3-5-7-12;1-9-5-7-10(8-6-9)11(2,3)4;/h1-5,7-8H,9H2;3-7,9-10H,1-2H3;1,5-8H,2-4H3;. The summed E-state index contributed by atoms with van der Waals surface area (Å²) in [5, 5.41) is 0. The molecule has 188 valence electrons. The van der Waals surface area contributed by atoms with Gasteiger partial charge in [-0.3, -0.25) is 0 Å². The van der Waals surface area contributed by atoms with Crippen molar-refractivity contribution < 1.29 is 21.3 Å². The van der Waals surface area contributed by atoms with Gasteiger partial charge in [0.25, 0.3) is 0 Å². The topological polar surface area (TPSA) is 0 Å². The van der Waals surface area contributed by atoms with Gasteiger partial charge in [0.1, 0.15) is 0 Å². The Bertz CT molecular complexity index is 1610. The summed E-state index contributed by atoms with van der Waals surface area (Å²) in [7, 11) is 0. The quantitative estimate of drug-likeness (QED) is 0.202. The first kappa shape index (κ1) is 25.4. The summed E-state index contributed by atoms with van der Waals surface area (Å²) in [4.78, 5) is 0. The molecule has 0 saturated heterocycles. The van der Waals surface area contributed by atoms with Gasteiger partial charge < -0.3 is 0 Å². The van der Waals surface area contributed by atoms with Gasteiger partial charge in [-0.05, 0) is 0 Å². The van der Waals surface area contributed by atoms with E-state index >= 15 is 0 Å². The van der Waals surface area contributed by atoms with Crippen molar-refractivity contribution in [2.45, 2.75) is 46.5 Å². The van der Waals surface area contributed by atoms with Gasteiger partial charge in [0.05, 0.1) is 0 Å². The molecule has 38 heavy (non-hydrogen) atoms. The average Bonchev–Trinajstić information content (AvgIpc) is 3.44. The van der Waals surface area contributed by atoms with E-state index in [4.69, 9.17) is 0 Å². The van der Waals surface area contributed by atoms with Crippen molar-refractivity contribution in [2.75, 3.05) is 0 Å². The number of allylic oxidation sites excluding steroid dienone is 4. The van der Waals surface area contributed by atoms with E-state index in [2.05, 4.69) is 141 Å². The van der Waals surface area contributed by atoms with Gasteiger partial charge in [0.15, 0.2) is 0 Å². The molecule has 0 nitrogen and oxygen atoms in total. The van der Waals surface area contributed by atoms with Crippen LogP contribution >= 0.6 is 0 Å². The zero-order chi connectivity index (χ0) is 26.4. The molecule has 2 aliphatic carbocycles. The van der Waals surface area contributed by atoms with Crippen LogP contribution in [0, 0.1) is 5.92 Å². The van der Waals surface area contributed by atoms with E-state index in [-0.39, 0.29) is 5.41 Å². The Morgan fingerprint density at radius 2 is 1.45 bits per heavy atom. The van der Waals surface area contributed by atoms with E-state index < -0.39 is 21.3 Å². The molecule has 1 unspecified atom stereocenters.